The zero-order chi connectivity index (χ0) is 15.1. The number of hydrogen-bond acceptors (Lipinski definition) is 6. The summed E-state index contributed by atoms with van der Waals surface area (Å²) in [7, 11) is 0. The summed E-state index contributed by atoms with van der Waals surface area (Å²) >= 11 is 1.47. The molecule has 0 radical (unpaired) electrons. The molecule has 1 aliphatic rings. The van der Waals surface area contributed by atoms with E-state index in [-0.39, 0.29) is 5.91 Å². The van der Waals surface area contributed by atoms with Gasteiger partial charge in [0.25, 0.3) is 0 Å². The molecule has 0 aliphatic carbocycles. The normalized spacial score (nSPS) is 19.6. The van der Waals surface area contributed by atoms with Crippen molar-refractivity contribution in [3.63, 3.8) is 0 Å². The molecular formula is C14H24N4O2S. The van der Waals surface area contributed by atoms with E-state index in [4.69, 9.17) is 4.74 Å². The van der Waals surface area contributed by atoms with E-state index in [1.54, 1.807) is 0 Å². The van der Waals surface area contributed by atoms with Crippen LogP contribution in [0, 0.1) is 0 Å². The molecule has 7 heteroatoms. The first-order chi connectivity index (χ1) is 10.2. The number of aromatic nitrogens is 2. The van der Waals surface area contributed by atoms with Gasteiger partial charge >= 0.3 is 0 Å². The van der Waals surface area contributed by atoms with Gasteiger partial charge in [0.1, 0.15) is 5.01 Å². The van der Waals surface area contributed by atoms with Crippen LogP contribution in [0.5, 0.6) is 0 Å². The number of ether oxygens (including phenoxy) is 1. The highest BCUT2D eigenvalue weighted by atomic mass is 32.1. The van der Waals surface area contributed by atoms with Crippen LogP contribution < -0.4 is 5.32 Å². The van der Waals surface area contributed by atoms with E-state index in [0.717, 1.165) is 37.2 Å². The van der Waals surface area contributed by atoms with Crippen LogP contribution >= 0.6 is 11.3 Å². The van der Waals surface area contributed by atoms with Gasteiger partial charge in [-0.15, -0.1) is 10.2 Å². The van der Waals surface area contributed by atoms with Crippen molar-refractivity contribution in [2.75, 3.05) is 31.6 Å². The van der Waals surface area contributed by atoms with Crippen LogP contribution in [-0.2, 0) is 16.0 Å². The summed E-state index contributed by atoms with van der Waals surface area (Å²) < 4.78 is 5.45. The van der Waals surface area contributed by atoms with Crippen LogP contribution in [0.15, 0.2) is 0 Å². The van der Waals surface area contributed by atoms with Gasteiger partial charge in [-0.2, -0.15) is 0 Å². The standard InChI is InChI=1S/C14H24N4O2S/c1-3-5-6-13-16-17-14(21-13)15-12(19)9-18-7-8-20-10-11(18)4-2/h11H,3-10H2,1-2H3,(H,15,17,19). The average molecular weight is 312 g/mol. The first kappa shape index (κ1) is 16.3. The Labute approximate surface area is 129 Å². The lowest BCUT2D eigenvalue weighted by Crippen LogP contribution is -2.48. The van der Waals surface area contributed by atoms with Crippen molar-refractivity contribution in [3.05, 3.63) is 5.01 Å². The lowest BCUT2D eigenvalue weighted by molar-refractivity contribution is -0.119. The predicted octanol–water partition coefficient (Wildman–Crippen LogP) is 1.93. The lowest BCUT2D eigenvalue weighted by Gasteiger charge is -2.34. The Morgan fingerprint density at radius 1 is 1.48 bits per heavy atom. The molecule has 1 amide bonds. The van der Waals surface area contributed by atoms with E-state index in [0.29, 0.717) is 30.9 Å². The minimum Gasteiger partial charge on any atom is -0.378 e. The molecule has 0 spiro atoms. The fraction of sp³-hybridized carbons (Fsp3) is 0.786. The van der Waals surface area contributed by atoms with Crippen molar-refractivity contribution in [2.45, 2.75) is 45.6 Å². The van der Waals surface area contributed by atoms with Crippen molar-refractivity contribution >= 4 is 22.4 Å². The number of nitrogens with one attached hydrogen (secondary N) is 1. The van der Waals surface area contributed by atoms with Crippen molar-refractivity contribution in [1.29, 1.82) is 0 Å². The maximum Gasteiger partial charge on any atom is 0.240 e. The molecule has 21 heavy (non-hydrogen) atoms. The topological polar surface area (TPSA) is 67.4 Å². The summed E-state index contributed by atoms with van der Waals surface area (Å²) in [6.07, 6.45) is 4.17. The van der Waals surface area contributed by atoms with Gasteiger partial charge in [0.15, 0.2) is 0 Å². The summed E-state index contributed by atoms with van der Waals surface area (Å²) in [5.41, 5.74) is 0. The second-order valence-electron chi connectivity index (χ2n) is 5.26. The SMILES string of the molecule is CCCCc1nnc(NC(=O)CN2CCOCC2CC)s1. The van der Waals surface area contributed by atoms with Crippen molar-refractivity contribution in [3.8, 4) is 0 Å². The molecule has 1 unspecified atom stereocenters. The number of amides is 1. The lowest BCUT2D eigenvalue weighted by atomic mass is 10.2. The third-order valence-corrected chi connectivity index (χ3v) is 4.52. The minimum absolute atomic E-state index is 0.0199. The molecule has 118 valence electrons. The van der Waals surface area contributed by atoms with Crippen LogP contribution in [-0.4, -0.2) is 53.3 Å². The van der Waals surface area contributed by atoms with E-state index in [1.165, 1.54) is 11.3 Å². The molecule has 1 fully saturated rings. The van der Waals surface area contributed by atoms with Crippen LogP contribution in [0.4, 0.5) is 5.13 Å². The first-order valence-electron chi connectivity index (χ1n) is 7.67. The quantitative estimate of drug-likeness (QED) is 0.833. The molecule has 1 saturated heterocycles. The third-order valence-electron chi connectivity index (χ3n) is 3.62. The molecule has 0 aromatic carbocycles. The second-order valence-corrected chi connectivity index (χ2v) is 6.32. The predicted molar refractivity (Wildman–Crippen MR) is 83.6 cm³/mol. The Hall–Kier alpha value is -1.05. The Balaban J connectivity index is 1.82. The molecule has 0 bridgehead atoms. The Morgan fingerprint density at radius 3 is 3.10 bits per heavy atom. The molecule has 1 N–H and O–H groups in total. The summed E-state index contributed by atoms with van der Waals surface area (Å²) in [5, 5.41) is 12.6. The highest BCUT2D eigenvalue weighted by molar-refractivity contribution is 7.15. The molecular weight excluding hydrogens is 288 g/mol. The molecule has 1 atom stereocenters. The smallest absolute Gasteiger partial charge is 0.240 e. The highest BCUT2D eigenvalue weighted by Gasteiger charge is 2.23. The summed E-state index contributed by atoms with van der Waals surface area (Å²) in [6, 6.07) is 0.332. The summed E-state index contributed by atoms with van der Waals surface area (Å²) in [5.74, 6) is -0.0199. The molecule has 1 aromatic heterocycles. The monoisotopic (exact) mass is 312 g/mol. The number of anilines is 1. The number of hydrogen-bond donors (Lipinski definition) is 1. The fourth-order valence-corrected chi connectivity index (χ4v) is 3.15. The van der Waals surface area contributed by atoms with Gasteiger partial charge in [-0.3, -0.25) is 15.0 Å². The number of unbranched alkanes of at least 4 members (excludes halogenated alkanes) is 1. The van der Waals surface area contributed by atoms with Gasteiger partial charge < -0.3 is 4.74 Å². The highest BCUT2D eigenvalue weighted by Crippen LogP contribution is 2.17. The van der Waals surface area contributed by atoms with Crippen LogP contribution in [0.3, 0.4) is 0 Å². The summed E-state index contributed by atoms with van der Waals surface area (Å²) in [4.78, 5) is 14.3. The molecule has 1 aromatic rings. The molecule has 1 aliphatic heterocycles. The third kappa shape index (κ3) is 5.01. The minimum atomic E-state index is -0.0199. The average Bonchev–Trinajstić information content (AvgIpc) is 2.93. The van der Waals surface area contributed by atoms with E-state index in [2.05, 4.69) is 34.3 Å². The van der Waals surface area contributed by atoms with Gasteiger partial charge in [-0.1, -0.05) is 31.6 Å². The fourth-order valence-electron chi connectivity index (χ4n) is 2.35. The van der Waals surface area contributed by atoms with E-state index in [9.17, 15) is 4.79 Å². The summed E-state index contributed by atoms with van der Waals surface area (Å²) in [6.45, 7) is 6.88. The molecule has 2 rings (SSSR count). The maximum absolute atomic E-state index is 12.1. The Kier molecular flexibility index (Phi) is 6.53. The van der Waals surface area contributed by atoms with E-state index >= 15 is 0 Å². The number of nitrogens with zero attached hydrogens (tertiary/aromatic N) is 3. The zero-order valence-corrected chi connectivity index (χ0v) is 13.6. The van der Waals surface area contributed by atoms with Crippen LogP contribution in [0.2, 0.25) is 0 Å². The van der Waals surface area contributed by atoms with Crippen LogP contribution in [0.1, 0.15) is 38.1 Å². The van der Waals surface area contributed by atoms with Crippen molar-refractivity contribution < 1.29 is 9.53 Å². The molecule has 2 heterocycles. The number of aryl methyl sites for hydroxylation is 1. The van der Waals surface area contributed by atoms with E-state index < -0.39 is 0 Å². The van der Waals surface area contributed by atoms with Gasteiger partial charge in [-0.25, -0.2) is 0 Å². The second kappa shape index (κ2) is 8.41. The number of carbonyl (C=O) groups is 1. The van der Waals surface area contributed by atoms with Crippen molar-refractivity contribution in [2.24, 2.45) is 0 Å². The Morgan fingerprint density at radius 2 is 2.33 bits per heavy atom. The van der Waals surface area contributed by atoms with Crippen LogP contribution in [0.25, 0.3) is 0 Å². The van der Waals surface area contributed by atoms with Crippen molar-refractivity contribution in [1.82, 2.24) is 15.1 Å². The number of carbonyl (C=O) groups excluding carboxylic acids is 1. The van der Waals surface area contributed by atoms with Gasteiger partial charge in [0.05, 0.1) is 19.8 Å². The van der Waals surface area contributed by atoms with Gasteiger partial charge in [-0.05, 0) is 12.8 Å². The largest absolute Gasteiger partial charge is 0.378 e. The first-order valence-corrected chi connectivity index (χ1v) is 8.48. The number of rotatable bonds is 7. The Bertz CT molecular complexity index is 452. The molecule has 0 saturated carbocycles. The molecule has 6 nitrogen and oxygen atoms in total. The zero-order valence-electron chi connectivity index (χ0n) is 12.8. The van der Waals surface area contributed by atoms with Gasteiger partial charge in [0, 0.05) is 19.0 Å². The van der Waals surface area contributed by atoms with E-state index in [1.807, 2.05) is 0 Å². The number of morpholine rings is 1. The van der Waals surface area contributed by atoms with Gasteiger partial charge in [0.2, 0.25) is 11.0 Å². The maximum atomic E-state index is 12.1.